The van der Waals surface area contributed by atoms with Crippen molar-refractivity contribution in [1.29, 1.82) is 0 Å². The number of carbonyl (C=O) groups is 1. The monoisotopic (exact) mass is 380 g/mol. The number of halogens is 1. The maximum atomic E-state index is 12.2. The Morgan fingerprint density at radius 2 is 2.16 bits per heavy atom. The first kappa shape index (κ1) is 16.8. The summed E-state index contributed by atoms with van der Waals surface area (Å²) in [6.45, 7) is -0.377. The summed E-state index contributed by atoms with van der Waals surface area (Å²) in [4.78, 5) is 34.3. The van der Waals surface area contributed by atoms with E-state index in [0.29, 0.717) is 5.00 Å². The van der Waals surface area contributed by atoms with Crippen molar-refractivity contribution >= 4 is 40.2 Å². The number of rotatable bonds is 5. The van der Waals surface area contributed by atoms with Crippen molar-refractivity contribution in [3.05, 3.63) is 61.3 Å². The predicted molar refractivity (Wildman–Crippen MR) is 90.2 cm³/mol. The number of nitro benzene ring substituents is 1. The smallest absolute Gasteiger partial charge is 0.323 e. The molecule has 3 aromatic rings. The third kappa shape index (κ3) is 3.56. The molecule has 2 aromatic heterocycles. The Kier molecular flexibility index (Phi) is 4.59. The number of aromatic nitrogens is 4. The molecule has 1 N–H and O–H groups in total. The number of nitrogens with one attached hydrogen (secondary N) is 1. The number of anilines is 1. The Morgan fingerprint density at radius 1 is 1.36 bits per heavy atom. The van der Waals surface area contributed by atoms with E-state index in [-0.39, 0.29) is 22.9 Å². The summed E-state index contributed by atoms with van der Waals surface area (Å²) in [7, 11) is 0. The molecule has 25 heavy (non-hydrogen) atoms. The number of hydrogen-bond acceptors (Lipinski definition) is 7. The number of nitro groups is 1. The minimum Gasteiger partial charge on any atom is -0.323 e. The first-order chi connectivity index (χ1) is 12.0. The highest BCUT2D eigenvalue weighted by molar-refractivity contribution is 7.12. The number of thiophene rings is 1. The van der Waals surface area contributed by atoms with Gasteiger partial charge in [-0.15, -0.1) is 11.3 Å². The van der Waals surface area contributed by atoms with Crippen LogP contribution in [-0.2, 0) is 11.3 Å². The van der Waals surface area contributed by atoms with Gasteiger partial charge in [0.2, 0.25) is 5.91 Å². The molecule has 0 spiro atoms. The lowest BCUT2D eigenvalue weighted by atomic mass is 10.3. The van der Waals surface area contributed by atoms with Crippen LogP contribution in [0.4, 0.5) is 11.4 Å². The summed E-state index contributed by atoms with van der Waals surface area (Å²) in [6.07, 6.45) is 0. The Morgan fingerprint density at radius 3 is 2.80 bits per heavy atom. The minimum absolute atomic E-state index is 0.0112. The van der Waals surface area contributed by atoms with E-state index < -0.39 is 16.5 Å². The number of non-ortho nitro benzene ring substituents is 1. The lowest BCUT2D eigenvalue weighted by molar-refractivity contribution is -0.384. The molecule has 0 atom stereocenters. The fourth-order valence-electron chi connectivity index (χ4n) is 1.95. The van der Waals surface area contributed by atoms with Crippen LogP contribution in [-0.4, -0.2) is 30.6 Å². The molecule has 0 unspecified atom stereocenters. The molecule has 1 aromatic carbocycles. The summed E-state index contributed by atoms with van der Waals surface area (Å²) in [5.41, 5.74) is -0.568. The molecule has 10 nitrogen and oxygen atoms in total. The van der Waals surface area contributed by atoms with Gasteiger partial charge in [-0.1, -0.05) is 11.6 Å². The van der Waals surface area contributed by atoms with Crippen LogP contribution in [0.25, 0.3) is 5.00 Å². The molecule has 128 valence electrons. The second-order valence-electron chi connectivity index (χ2n) is 4.75. The van der Waals surface area contributed by atoms with Gasteiger partial charge in [-0.25, -0.2) is 4.79 Å². The molecule has 12 heteroatoms. The molecular weight excluding hydrogens is 372 g/mol. The first-order valence-corrected chi connectivity index (χ1v) is 8.02. The molecule has 2 heterocycles. The van der Waals surface area contributed by atoms with E-state index in [2.05, 4.69) is 15.7 Å². The standard InChI is InChI=1S/C13H9ClN6O4S/c14-9-6-8(20(23)24)3-4-10(9)15-11(21)7-18-13(22)19(17-16-18)12-2-1-5-25-12/h1-6H,7H2,(H,15,21). The van der Waals surface area contributed by atoms with Crippen LogP contribution in [0.15, 0.2) is 40.5 Å². The van der Waals surface area contributed by atoms with Gasteiger partial charge in [0.15, 0.2) is 0 Å². The zero-order valence-corrected chi connectivity index (χ0v) is 13.9. The molecule has 0 saturated heterocycles. The minimum atomic E-state index is -0.597. The molecule has 0 aliphatic heterocycles. The average molecular weight is 381 g/mol. The van der Waals surface area contributed by atoms with Crippen LogP contribution in [0.5, 0.6) is 0 Å². The number of carbonyl (C=O) groups excluding carboxylic acids is 1. The number of amides is 1. The lowest BCUT2D eigenvalue weighted by Gasteiger charge is -2.06. The lowest BCUT2D eigenvalue weighted by Crippen LogP contribution is -2.29. The Bertz CT molecular complexity index is 996. The average Bonchev–Trinajstić information content (AvgIpc) is 3.20. The second kappa shape index (κ2) is 6.83. The number of nitrogens with zero attached hydrogens (tertiary/aromatic N) is 5. The highest BCUT2D eigenvalue weighted by Gasteiger charge is 2.15. The van der Waals surface area contributed by atoms with Gasteiger partial charge in [-0.2, -0.15) is 9.36 Å². The highest BCUT2D eigenvalue weighted by Crippen LogP contribution is 2.26. The van der Waals surface area contributed by atoms with Gasteiger partial charge < -0.3 is 5.32 Å². The Balaban J connectivity index is 1.74. The van der Waals surface area contributed by atoms with Crippen LogP contribution in [0, 0.1) is 10.1 Å². The Hall–Kier alpha value is -3.05. The van der Waals surface area contributed by atoms with E-state index in [1.807, 2.05) is 0 Å². The van der Waals surface area contributed by atoms with Crippen LogP contribution in [0.2, 0.25) is 5.02 Å². The van der Waals surface area contributed by atoms with Gasteiger partial charge in [0.25, 0.3) is 5.69 Å². The van der Waals surface area contributed by atoms with Crippen molar-refractivity contribution < 1.29 is 9.72 Å². The van der Waals surface area contributed by atoms with Gasteiger partial charge in [-0.3, -0.25) is 14.9 Å². The van der Waals surface area contributed by atoms with E-state index in [1.165, 1.54) is 23.5 Å². The largest absolute Gasteiger partial charge is 0.369 e. The maximum Gasteiger partial charge on any atom is 0.369 e. The second-order valence-corrected chi connectivity index (χ2v) is 6.08. The summed E-state index contributed by atoms with van der Waals surface area (Å²) in [5, 5.41) is 22.9. The fraction of sp³-hybridized carbons (Fsp3) is 0.0769. The van der Waals surface area contributed by atoms with Crippen LogP contribution < -0.4 is 11.0 Å². The molecule has 0 aliphatic carbocycles. The fourth-order valence-corrected chi connectivity index (χ4v) is 2.84. The van der Waals surface area contributed by atoms with Crippen molar-refractivity contribution in [2.24, 2.45) is 0 Å². The quantitative estimate of drug-likeness (QED) is 0.530. The zero-order chi connectivity index (χ0) is 18.0. The number of hydrogen-bond donors (Lipinski definition) is 1. The molecule has 1 amide bonds. The third-order valence-corrected chi connectivity index (χ3v) is 4.24. The molecule has 0 radical (unpaired) electrons. The van der Waals surface area contributed by atoms with Crippen molar-refractivity contribution in [2.75, 3.05) is 5.32 Å². The molecule has 0 saturated carbocycles. The van der Waals surface area contributed by atoms with Gasteiger partial charge in [0.05, 0.1) is 15.6 Å². The highest BCUT2D eigenvalue weighted by atomic mass is 35.5. The van der Waals surface area contributed by atoms with Crippen molar-refractivity contribution in [3.8, 4) is 5.00 Å². The first-order valence-electron chi connectivity index (χ1n) is 6.76. The zero-order valence-electron chi connectivity index (χ0n) is 12.3. The third-order valence-electron chi connectivity index (χ3n) is 3.09. The van der Waals surface area contributed by atoms with E-state index >= 15 is 0 Å². The SMILES string of the molecule is O=C(Cn1nnn(-c2cccs2)c1=O)Nc1ccc([N+](=O)[O-])cc1Cl. The molecular formula is C13H9ClN6O4S. The molecule has 0 fully saturated rings. The summed E-state index contributed by atoms with van der Waals surface area (Å²) in [6, 6.07) is 7.09. The van der Waals surface area contributed by atoms with Crippen LogP contribution >= 0.6 is 22.9 Å². The van der Waals surface area contributed by atoms with Gasteiger partial charge >= 0.3 is 5.69 Å². The van der Waals surface area contributed by atoms with Gasteiger partial charge in [0, 0.05) is 12.1 Å². The van der Waals surface area contributed by atoms with E-state index in [0.717, 1.165) is 15.4 Å². The van der Waals surface area contributed by atoms with Crippen LogP contribution in [0.3, 0.4) is 0 Å². The number of benzene rings is 1. The topological polar surface area (TPSA) is 125 Å². The van der Waals surface area contributed by atoms with Crippen molar-refractivity contribution in [2.45, 2.75) is 6.54 Å². The van der Waals surface area contributed by atoms with Crippen LogP contribution in [0.1, 0.15) is 0 Å². The molecule has 0 bridgehead atoms. The predicted octanol–water partition coefficient (Wildman–Crippen LogP) is 1.69. The van der Waals surface area contributed by atoms with E-state index in [1.54, 1.807) is 17.5 Å². The summed E-state index contributed by atoms with van der Waals surface area (Å²) in [5.74, 6) is -0.573. The normalized spacial score (nSPS) is 10.6. The van der Waals surface area contributed by atoms with Crippen molar-refractivity contribution in [3.63, 3.8) is 0 Å². The molecule has 3 rings (SSSR count). The Labute approximate surface area is 148 Å². The maximum absolute atomic E-state index is 12.2. The van der Waals surface area contributed by atoms with Crippen molar-refractivity contribution in [1.82, 2.24) is 19.8 Å². The van der Waals surface area contributed by atoms with E-state index in [9.17, 15) is 19.7 Å². The summed E-state index contributed by atoms with van der Waals surface area (Å²) >= 11 is 7.21. The molecule has 0 aliphatic rings. The van der Waals surface area contributed by atoms with Gasteiger partial charge in [0.1, 0.15) is 11.5 Å². The van der Waals surface area contributed by atoms with E-state index in [4.69, 9.17) is 11.6 Å². The summed E-state index contributed by atoms with van der Waals surface area (Å²) < 4.78 is 1.98. The number of tetrazole rings is 1. The van der Waals surface area contributed by atoms with Gasteiger partial charge in [-0.05, 0) is 34.0 Å².